The average molecular weight is 265 g/mol. The van der Waals surface area contributed by atoms with Crippen molar-refractivity contribution in [1.29, 1.82) is 0 Å². The second-order valence-electron chi connectivity index (χ2n) is 5.21. The monoisotopic (exact) mass is 265 g/mol. The molecule has 4 heteroatoms. The predicted molar refractivity (Wildman–Crippen MR) is 75.7 cm³/mol. The van der Waals surface area contributed by atoms with Crippen LogP contribution in [-0.4, -0.2) is 37.0 Å². The molecule has 106 valence electrons. The van der Waals surface area contributed by atoms with Gasteiger partial charge in [-0.25, -0.2) is 0 Å². The summed E-state index contributed by atoms with van der Waals surface area (Å²) in [6, 6.07) is 5.84. The molecule has 0 radical (unpaired) electrons. The van der Waals surface area contributed by atoms with Gasteiger partial charge < -0.3 is 19.8 Å². The van der Waals surface area contributed by atoms with E-state index in [9.17, 15) is 10.2 Å². The zero-order valence-corrected chi connectivity index (χ0v) is 11.7. The number of nitrogens with zero attached hydrogens (tertiary/aromatic N) is 1. The fraction of sp³-hybridized carbons (Fsp3) is 0.600. The van der Waals surface area contributed by atoms with Crippen molar-refractivity contribution in [2.45, 2.75) is 25.9 Å². The number of ether oxygens (including phenoxy) is 1. The molecular weight excluding hydrogens is 242 g/mol. The number of hydrogen-bond acceptors (Lipinski definition) is 4. The van der Waals surface area contributed by atoms with Crippen molar-refractivity contribution in [3.63, 3.8) is 0 Å². The highest BCUT2D eigenvalue weighted by Crippen LogP contribution is 2.36. The van der Waals surface area contributed by atoms with E-state index in [0.717, 1.165) is 42.9 Å². The number of aliphatic hydroxyl groups excluding tert-OH is 2. The average Bonchev–Trinajstić information content (AvgIpc) is 2.46. The van der Waals surface area contributed by atoms with Gasteiger partial charge in [0, 0.05) is 30.9 Å². The molecule has 1 fully saturated rings. The summed E-state index contributed by atoms with van der Waals surface area (Å²) in [4.78, 5) is 2.24. The number of piperidine rings is 1. The fourth-order valence-corrected chi connectivity index (χ4v) is 2.84. The molecule has 1 aromatic carbocycles. The van der Waals surface area contributed by atoms with Crippen LogP contribution in [0.2, 0.25) is 0 Å². The molecule has 1 aromatic rings. The summed E-state index contributed by atoms with van der Waals surface area (Å²) in [6.45, 7) is 3.78. The molecule has 1 heterocycles. The third kappa shape index (κ3) is 3.01. The van der Waals surface area contributed by atoms with E-state index in [1.807, 2.05) is 18.2 Å². The summed E-state index contributed by atoms with van der Waals surface area (Å²) in [5.41, 5.74) is 1.86. The van der Waals surface area contributed by atoms with E-state index < -0.39 is 6.10 Å². The van der Waals surface area contributed by atoms with Crippen LogP contribution in [0, 0.1) is 5.92 Å². The van der Waals surface area contributed by atoms with Gasteiger partial charge in [0.25, 0.3) is 0 Å². The van der Waals surface area contributed by atoms with Gasteiger partial charge in [0.2, 0.25) is 0 Å². The Bertz CT molecular complexity index is 420. The molecule has 4 nitrogen and oxygen atoms in total. The van der Waals surface area contributed by atoms with Crippen molar-refractivity contribution in [2.24, 2.45) is 5.92 Å². The first-order chi connectivity index (χ1) is 9.17. The Hall–Kier alpha value is -1.26. The number of methoxy groups -OCH3 is 1. The fourth-order valence-electron chi connectivity index (χ4n) is 2.84. The maximum absolute atomic E-state index is 10.0. The molecule has 0 aliphatic carbocycles. The van der Waals surface area contributed by atoms with Crippen LogP contribution in [-0.2, 0) is 0 Å². The van der Waals surface area contributed by atoms with Crippen molar-refractivity contribution in [3.8, 4) is 5.75 Å². The molecule has 1 saturated heterocycles. The zero-order chi connectivity index (χ0) is 13.8. The van der Waals surface area contributed by atoms with Crippen LogP contribution in [0.25, 0.3) is 0 Å². The van der Waals surface area contributed by atoms with Crippen molar-refractivity contribution in [2.75, 3.05) is 31.7 Å². The topological polar surface area (TPSA) is 52.9 Å². The number of benzene rings is 1. The van der Waals surface area contributed by atoms with Gasteiger partial charge in [0.05, 0.1) is 13.2 Å². The molecule has 0 saturated carbocycles. The van der Waals surface area contributed by atoms with Crippen molar-refractivity contribution < 1.29 is 14.9 Å². The van der Waals surface area contributed by atoms with Crippen LogP contribution in [0.15, 0.2) is 18.2 Å². The molecule has 1 aliphatic rings. The van der Waals surface area contributed by atoms with Gasteiger partial charge in [-0.15, -0.1) is 0 Å². The SMILES string of the molecule is COc1cccc(N2CCCC(CO)C2)c1[C@@H](C)O. The van der Waals surface area contributed by atoms with Crippen LogP contribution in [0.4, 0.5) is 5.69 Å². The maximum Gasteiger partial charge on any atom is 0.126 e. The van der Waals surface area contributed by atoms with Crippen LogP contribution in [0.5, 0.6) is 5.75 Å². The minimum Gasteiger partial charge on any atom is -0.496 e. The summed E-state index contributed by atoms with van der Waals surface area (Å²) >= 11 is 0. The molecule has 2 atom stereocenters. The first-order valence-electron chi connectivity index (χ1n) is 6.88. The van der Waals surface area contributed by atoms with E-state index in [4.69, 9.17) is 4.74 Å². The number of anilines is 1. The number of aliphatic hydroxyl groups is 2. The smallest absolute Gasteiger partial charge is 0.126 e. The standard InChI is InChI=1S/C15H23NO3/c1-11(18)15-13(6-3-7-14(15)19-2)16-8-4-5-12(9-16)10-17/h3,6-7,11-12,17-18H,4-5,8-10H2,1-2H3/t11-,12?/m1/s1. The highest BCUT2D eigenvalue weighted by molar-refractivity contribution is 5.60. The normalized spacial score (nSPS) is 21.3. The van der Waals surface area contributed by atoms with E-state index in [0.29, 0.717) is 5.92 Å². The molecule has 2 N–H and O–H groups in total. The summed E-state index contributed by atoms with van der Waals surface area (Å²) in [6.07, 6.45) is 1.57. The van der Waals surface area contributed by atoms with Gasteiger partial charge >= 0.3 is 0 Å². The Labute approximate surface area is 114 Å². The first kappa shape index (κ1) is 14.2. The third-order valence-corrected chi connectivity index (χ3v) is 3.80. The summed E-state index contributed by atoms with van der Waals surface area (Å²) < 4.78 is 5.36. The Morgan fingerprint density at radius 3 is 2.89 bits per heavy atom. The Kier molecular flexibility index (Phi) is 4.66. The van der Waals surface area contributed by atoms with Crippen LogP contribution in [0.1, 0.15) is 31.4 Å². The molecule has 1 unspecified atom stereocenters. The van der Waals surface area contributed by atoms with Gasteiger partial charge in [-0.1, -0.05) is 6.07 Å². The highest BCUT2D eigenvalue weighted by atomic mass is 16.5. The van der Waals surface area contributed by atoms with Crippen molar-refractivity contribution >= 4 is 5.69 Å². The first-order valence-corrected chi connectivity index (χ1v) is 6.88. The lowest BCUT2D eigenvalue weighted by molar-refractivity contribution is 0.193. The zero-order valence-electron chi connectivity index (χ0n) is 11.7. The quantitative estimate of drug-likeness (QED) is 0.874. The lowest BCUT2D eigenvalue weighted by atomic mass is 9.96. The minimum atomic E-state index is -0.569. The molecular formula is C15H23NO3. The van der Waals surface area contributed by atoms with Gasteiger partial charge in [0.1, 0.15) is 5.75 Å². The van der Waals surface area contributed by atoms with E-state index in [1.165, 1.54) is 0 Å². The molecule has 2 rings (SSSR count). The lowest BCUT2D eigenvalue weighted by Gasteiger charge is -2.35. The molecule has 19 heavy (non-hydrogen) atoms. The van der Waals surface area contributed by atoms with Crippen molar-refractivity contribution in [3.05, 3.63) is 23.8 Å². The number of hydrogen-bond donors (Lipinski definition) is 2. The lowest BCUT2D eigenvalue weighted by Crippen LogP contribution is -2.37. The number of rotatable bonds is 4. The molecule has 1 aliphatic heterocycles. The van der Waals surface area contributed by atoms with Crippen LogP contribution < -0.4 is 9.64 Å². The Morgan fingerprint density at radius 2 is 2.26 bits per heavy atom. The van der Waals surface area contributed by atoms with E-state index in [1.54, 1.807) is 14.0 Å². The Balaban J connectivity index is 2.33. The Morgan fingerprint density at radius 1 is 1.47 bits per heavy atom. The molecule has 0 spiro atoms. The van der Waals surface area contributed by atoms with E-state index in [-0.39, 0.29) is 6.61 Å². The molecule has 0 aromatic heterocycles. The minimum absolute atomic E-state index is 0.227. The van der Waals surface area contributed by atoms with Gasteiger partial charge in [-0.2, -0.15) is 0 Å². The summed E-state index contributed by atoms with van der Waals surface area (Å²) in [5, 5.41) is 19.3. The summed E-state index contributed by atoms with van der Waals surface area (Å²) in [7, 11) is 1.62. The summed E-state index contributed by atoms with van der Waals surface area (Å²) in [5.74, 6) is 1.04. The van der Waals surface area contributed by atoms with Crippen LogP contribution >= 0.6 is 0 Å². The van der Waals surface area contributed by atoms with Gasteiger partial charge in [-0.05, 0) is 37.8 Å². The second-order valence-corrected chi connectivity index (χ2v) is 5.21. The van der Waals surface area contributed by atoms with E-state index in [2.05, 4.69) is 4.90 Å². The third-order valence-electron chi connectivity index (χ3n) is 3.80. The molecule has 0 amide bonds. The second kappa shape index (κ2) is 6.26. The largest absolute Gasteiger partial charge is 0.496 e. The van der Waals surface area contributed by atoms with Gasteiger partial charge in [-0.3, -0.25) is 0 Å². The predicted octanol–water partition coefficient (Wildman–Crippen LogP) is 1.96. The van der Waals surface area contributed by atoms with Crippen LogP contribution in [0.3, 0.4) is 0 Å². The molecule has 0 bridgehead atoms. The van der Waals surface area contributed by atoms with Crippen molar-refractivity contribution in [1.82, 2.24) is 0 Å². The van der Waals surface area contributed by atoms with E-state index >= 15 is 0 Å². The maximum atomic E-state index is 10.0. The van der Waals surface area contributed by atoms with Gasteiger partial charge in [0.15, 0.2) is 0 Å². The highest BCUT2D eigenvalue weighted by Gasteiger charge is 2.24.